The van der Waals surface area contributed by atoms with Gasteiger partial charge in [-0.3, -0.25) is 0 Å². The monoisotopic (exact) mass is 385 g/mol. The van der Waals surface area contributed by atoms with Crippen molar-refractivity contribution < 1.29 is 8.98 Å². The Bertz CT molecular complexity index is 1440. The molecule has 0 aliphatic carbocycles. The molecule has 0 atom stereocenters. The van der Waals surface area contributed by atoms with Crippen molar-refractivity contribution in [3.05, 3.63) is 53.3 Å². The lowest BCUT2D eigenvalue weighted by molar-refractivity contribution is -0.642. The highest BCUT2D eigenvalue weighted by atomic mass is 16.3. The van der Waals surface area contributed by atoms with Crippen LogP contribution in [0.5, 0.6) is 0 Å². The summed E-state index contributed by atoms with van der Waals surface area (Å²) in [7, 11) is 4.25. The van der Waals surface area contributed by atoms with Gasteiger partial charge in [0.05, 0.1) is 16.5 Å². The van der Waals surface area contributed by atoms with E-state index in [1.807, 2.05) is 0 Å². The summed E-state index contributed by atoms with van der Waals surface area (Å²) < 4.78 is 11.1. The van der Waals surface area contributed by atoms with Crippen molar-refractivity contribution >= 4 is 43.7 Å². The topological polar surface area (TPSA) is 21.9 Å². The van der Waals surface area contributed by atoms with Crippen LogP contribution >= 0.6 is 0 Å². The number of aryl methyl sites for hydroxylation is 4. The maximum atomic E-state index is 6.68. The number of nitrogens with zero attached hydrogens (tertiary/aromatic N) is 2. The first-order valence-corrected chi connectivity index (χ1v) is 10.4. The van der Waals surface area contributed by atoms with Crippen molar-refractivity contribution in [3.8, 4) is 0 Å². The second-order valence-electron chi connectivity index (χ2n) is 9.82. The Morgan fingerprint density at radius 1 is 1.03 bits per heavy atom. The van der Waals surface area contributed by atoms with E-state index in [1.54, 1.807) is 0 Å². The van der Waals surface area contributed by atoms with E-state index in [9.17, 15) is 0 Å². The van der Waals surface area contributed by atoms with E-state index >= 15 is 0 Å². The van der Waals surface area contributed by atoms with Crippen LogP contribution in [0, 0.1) is 19.3 Å². The first-order valence-electron chi connectivity index (χ1n) is 10.4. The van der Waals surface area contributed by atoms with E-state index in [4.69, 9.17) is 4.42 Å². The van der Waals surface area contributed by atoms with E-state index in [2.05, 4.69) is 94.5 Å². The third-order valence-corrected chi connectivity index (χ3v) is 6.22. The van der Waals surface area contributed by atoms with Crippen LogP contribution in [-0.2, 0) is 20.5 Å². The smallest absolute Gasteiger partial charge is 0.219 e. The van der Waals surface area contributed by atoms with Gasteiger partial charge in [0.25, 0.3) is 0 Å². The van der Waals surface area contributed by atoms with E-state index < -0.39 is 0 Å². The number of benzene rings is 2. The van der Waals surface area contributed by atoms with Gasteiger partial charge in [-0.05, 0) is 54.3 Å². The Kier molecular flexibility index (Phi) is 3.68. The molecule has 3 nitrogen and oxygen atoms in total. The zero-order valence-electron chi connectivity index (χ0n) is 18.5. The fourth-order valence-corrected chi connectivity index (χ4v) is 5.04. The molecule has 29 heavy (non-hydrogen) atoms. The average molecular weight is 386 g/mol. The van der Waals surface area contributed by atoms with Gasteiger partial charge in [-0.1, -0.05) is 26.8 Å². The first-order chi connectivity index (χ1) is 13.7. The standard InChI is InChI=1S/C26H29N2O/c1-15-19-9-11-27(6)23(19)16(2)25-21(15)24-22-18(8-10-28(24)7)12-17(13-20(22)29-25)14-26(3,4)5/h8-13H,14H2,1-7H3/q+1. The first kappa shape index (κ1) is 18.2. The molecule has 3 aromatic heterocycles. The van der Waals surface area contributed by atoms with Crippen LogP contribution in [0.15, 0.2) is 41.1 Å². The molecule has 0 fully saturated rings. The Morgan fingerprint density at radius 3 is 2.52 bits per heavy atom. The molecule has 148 valence electrons. The molecule has 3 heterocycles. The van der Waals surface area contributed by atoms with Crippen molar-refractivity contribution in [1.29, 1.82) is 0 Å². The maximum Gasteiger partial charge on any atom is 0.219 e. The molecule has 0 aliphatic heterocycles. The third-order valence-electron chi connectivity index (χ3n) is 6.22. The van der Waals surface area contributed by atoms with Gasteiger partial charge in [-0.2, -0.15) is 0 Å². The van der Waals surface area contributed by atoms with Crippen molar-refractivity contribution in [1.82, 2.24) is 4.57 Å². The van der Waals surface area contributed by atoms with Gasteiger partial charge in [0, 0.05) is 30.1 Å². The van der Waals surface area contributed by atoms with Crippen molar-refractivity contribution in [2.75, 3.05) is 0 Å². The molecule has 0 amide bonds. The molecular weight excluding hydrogens is 356 g/mol. The highest BCUT2D eigenvalue weighted by Gasteiger charge is 2.23. The lowest BCUT2D eigenvalue weighted by Crippen LogP contribution is -2.25. The normalized spacial score (nSPS) is 12.8. The minimum absolute atomic E-state index is 0.233. The zero-order valence-corrected chi connectivity index (χ0v) is 18.5. The third kappa shape index (κ3) is 2.60. The van der Waals surface area contributed by atoms with Crippen LogP contribution in [0.1, 0.15) is 37.5 Å². The second kappa shape index (κ2) is 5.85. The van der Waals surface area contributed by atoms with Gasteiger partial charge in [0.1, 0.15) is 18.2 Å². The molecule has 2 aromatic carbocycles. The van der Waals surface area contributed by atoms with Gasteiger partial charge >= 0.3 is 0 Å². The lowest BCUT2D eigenvalue weighted by atomic mass is 9.87. The number of rotatable bonds is 1. The average Bonchev–Trinajstić information content (AvgIpc) is 3.02. The number of fused-ring (bicyclic) bond motifs is 3. The van der Waals surface area contributed by atoms with E-state index in [1.165, 1.54) is 49.3 Å². The molecule has 0 unspecified atom stereocenters. The van der Waals surface area contributed by atoms with Gasteiger partial charge in [0.15, 0.2) is 6.20 Å². The predicted molar refractivity (Wildman–Crippen MR) is 122 cm³/mol. The zero-order chi connectivity index (χ0) is 20.7. The Morgan fingerprint density at radius 2 is 1.79 bits per heavy atom. The molecule has 5 rings (SSSR count). The predicted octanol–water partition coefficient (Wildman–Crippen LogP) is 6.26. The number of aromatic nitrogens is 2. The fraction of sp³-hybridized carbons (Fsp3) is 0.346. The van der Waals surface area contributed by atoms with Gasteiger partial charge in [-0.15, -0.1) is 0 Å². The van der Waals surface area contributed by atoms with E-state index in [-0.39, 0.29) is 5.41 Å². The molecule has 5 aromatic rings. The summed E-state index contributed by atoms with van der Waals surface area (Å²) in [5.74, 6) is 0. The minimum atomic E-state index is 0.233. The number of hydrogen-bond donors (Lipinski definition) is 0. The molecule has 0 aliphatic rings. The summed E-state index contributed by atoms with van der Waals surface area (Å²) >= 11 is 0. The minimum Gasteiger partial charge on any atom is -0.455 e. The fourth-order valence-electron chi connectivity index (χ4n) is 5.04. The summed E-state index contributed by atoms with van der Waals surface area (Å²) in [5.41, 5.74) is 8.55. The van der Waals surface area contributed by atoms with Crippen LogP contribution in [-0.4, -0.2) is 4.57 Å². The second-order valence-corrected chi connectivity index (χ2v) is 9.82. The summed E-state index contributed by atoms with van der Waals surface area (Å²) in [6.45, 7) is 11.3. The van der Waals surface area contributed by atoms with Crippen LogP contribution in [0.4, 0.5) is 0 Å². The molecule has 0 saturated carbocycles. The summed E-state index contributed by atoms with van der Waals surface area (Å²) in [6, 6.07) is 9.03. The highest BCUT2D eigenvalue weighted by molar-refractivity contribution is 6.19. The Balaban J connectivity index is 2.02. The van der Waals surface area contributed by atoms with E-state index in [0.717, 1.165) is 17.6 Å². The highest BCUT2D eigenvalue weighted by Crippen LogP contribution is 2.40. The van der Waals surface area contributed by atoms with Gasteiger partial charge < -0.3 is 8.98 Å². The largest absolute Gasteiger partial charge is 0.455 e. The lowest BCUT2D eigenvalue weighted by Gasteiger charge is -2.20. The molecule has 0 saturated heterocycles. The maximum absolute atomic E-state index is 6.68. The number of hydrogen-bond acceptors (Lipinski definition) is 1. The summed E-state index contributed by atoms with van der Waals surface area (Å²) in [6.07, 6.45) is 5.35. The molecule has 0 radical (unpaired) electrons. The molecule has 0 N–H and O–H groups in total. The quantitative estimate of drug-likeness (QED) is 0.190. The van der Waals surface area contributed by atoms with Crippen LogP contribution in [0.2, 0.25) is 0 Å². The van der Waals surface area contributed by atoms with Gasteiger partial charge in [-0.25, -0.2) is 4.57 Å². The summed E-state index contributed by atoms with van der Waals surface area (Å²) in [5, 5.41) is 5.01. The van der Waals surface area contributed by atoms with Crippen LogP contribution < -0.4 is 4.57 Å². The SMILES string of the molecule is Cc1c2cc[n+](C)c2c(C)c2oc3cc(CC(C)(C)C)cc4ccn(C)c(c12)c43. The van der Waals surface area contributed by atoms with Crippen LogP contribution in [0.3, 0.4) is 0 Å². The summed E-state index contributed by atoms with van der Waals surface area (Å²) in [4.78, 5) is 0. The van der Waals surface area contributed by atoms with Crippen molar-refractivity contribution in [2.45, 2.75) is 41.0 Å². The molecule has 0 spiro atoms. The molecular formula is C26H29N2O+. The number of pyridine rings is 1. The molecule has 0 bridgehead atoms. The Labute approximate surface area is 171 Å². The van der Waals surface area contributed by atoms with Gasteiger partial charge in [0.2, 0.25) is 5.52 Å². The Hall–Kier alpha value is -2.81. The van der Waals surface area contributed by atoms with Crippen LogP contribution in [0.25, 0.3) is 43.7 Å². The van der Waals surface area contributed by atoms with Crippen molar-refractivity contribution in [3.63, 3.8) is 0 Å². The molecule has 3 heteroatoms. The van der Waals surface area contributed by atoms with Crippen molar-refractivity contribution in [2.24, 2.45) is 19.5 Å². The van der Waals surface area contributed by atoms with E-state index in [0.29, 0.717) is 0 Å².